The Morgan fingerprint density at radius 3 is 2.50 bits per heavy atom. The van der Waals surface area contributed by atoms with Crippen LogP contribution in [0.4, 0.5) is 0 Å². The molecule has 4 aromatic rings. The normalized spacial score (nSPS) is 9.75. The fourth-order valence-electron chi connectivity index (χ4n) is 2.75. The maximum atomic E-state index is 11.0. The number of ether oxygens (including phenoxy) is 1. The van der Waals surface area contributed by atoms with Crippen LogP contribution >= 0.6 is 11.6 Å². The maximum absolute atomic E-state index is 11.0. The average molecular weight is 455 g/mol. The first-order valence-electron chi connectivity index (χ1n) is 9.77. The second-order valence-corrected chi connectivity index (χ2v) is 6.50. The zero-order chi connectivity index (χ0) is 23.5. The van der Waals surface area contributed by atoms with Gasteiger partial charge in [-0.15, -0.1) is 0 Å². The molecule has 1 N–H and O–H groups in total. The number of halogens is 1. The van der Waals surface area contributed by atoms with Crippen LogP contribution in [0.15, 0.2) is 60.9 Å². The number of carbonyl (C=O) groups excluding carboxylic acids is 1. The molecule has 0 spiro atoms. The van der Waals surface area contributed by atoms with Crippen LogP contribution in [0, 0.1) is 0 Å². The summed E-state index contributed by atoms with van der Waals surface area (Å²) >= 11 is 6.10. The van der Waals surface area contributed by atoms with Gasteiger partial charge in [-0.25, -0.2) is 14.8 Å². The van der Waals surface area contributed by atoms with Crippen molar-refractivity contribution in [2.45, 2.75) is 20.5 Å². The second kappa shape index (κ2) is 12.2. The minimum atomic E-state index is -1.19. The Bertz CT molecular complexity index is 1180. The number of carbonyl (C=O) groups is 2. The van der Waals surface area contributed by atoms with E-state index in [2.05, 4.69) is 19.8 Å². The largest absolute Gasteiger partial charge is 0.475 e. The summed E-state index contributed by atoms with van der Waals surface area (Å²) in [4.78, 5) is 28.4. The van der Waals surface area contributed by atoms with Crippen molar-refractivity contribution in [1.29, 1.82) is 0 Å². The maximum Gasteiger partial charge on any atom is 0.373 e. The van der Waals surface area contributed by atoms with Crippen LogP contribution in [0.3, 0.4) is 0 Å². The number of hydrogen-bond donors (Lipinski definition) is 1. The zero-order valence-electron chi connectivity index (χ0n) is 17.9. The molecule has 0 bridgehead atoms. The zero-order valence-corrected chi connectivity index (χ0v) is 18.7. The highest BCUT2D eigenvalue weighted by Crippen LogP contribution is 2.31. The monoisotopic (exact) mass is 454 g/mol. The van der Waals surface area contributed by atoms with Gasteiger partial charge < -0.3 is 9.84 Å². The second-order valence-electron chi connectivity index (χ2n) is 6.09. The lowest BCUT2D eigenvalue weighted by Crippen LogP contribution is -2.05. The molecule has 0 amide bonds. The number of aryl methyl sites for hydroxylation is 1. The molecule has 166 valence electrons. The molecule has 2 aromatic carbocycles. The van der Waals surface area contributed by atoms with Crippen molar-refractivity contribution in [3.8, 4) is 11.3 Å². The van der Waals surface area contributed by atoms with E-state index in [9.17, 15) is 9.59 Å². The van der Waals surface area contributed by atoms with Crippen LogP contribution in [0.1, 0.15) is 30.0 Å². The van der Waals surface area contributed by atoms with Gasteiger partial charge in [0, 0.05) is 18.0 Å². The van der Waals surface area contributed by atoms with E-state index in [0.717, 1.165) is 22.0 Å². The third kappa shape index (κ3) is 6.12. The van der Waals surface area contributed by atoms with Crippen molar-refractivity contribution in [3.63, 3.8) is 0 Å². The third-order valence-corrected chi connectivity index (χ3v) is 4.42. The van der Waals surface area contributed by atoms with Crippen LogP contribution in [0.25, 0.3) is 22.2 Å². The van der Waals surface area contributed by atoms with Crippen molar-refractivity contribution in [3.05, 3.63) is 77.3 Å². The van der Waals surface area contributed by atoms with Crippen molar-refractivity contribution < 1.29 is 19.4 Å². The molecule has 0 aliphatic rings. The van der Waals surface area contributed by atoms with Gasteiger partial charge in [-0.1, -0.05) is 67.9 Å². The Morgan fingerprint density at radius 2 is 1.84 bits per heavy atom. The van der Waals surface area contributed by atoms with E-state index in [1.807, 2.05) is 69.4 Å². The Labute approximate surface area is 190 Å². The van der Waals surface area contributed by atoms with Gasteiger partial charge in [0.05, 0.1) is 28.6 Å². The number of carboxylic acid groups (broad SMARTS) is 1. The van der Waals surface area contributed by atoms with Gasteiger partial charge in [-0.3, -0.25) is 9.48 Å². The molecule has 9 heteroatoms. The van der Waals surface area contributed by atoms with Crippen molar-refractivity contribution in [2.75, 3.05) is 0 Å². The van der Waals surface area contributed by atoms with E-state index >= 15 is 0 Å². The highest BCUT2D eigenvalue weighted by molar-refractivity contribution is 6.33. The molecule has 2 heterocycles. The summed E-state index contributed by atoms with van der Waals surface area (Å²) in [6.07, 6.45) is 2.99. The number of aromatic nitrogens is 4. The number of benzene rings is 2. The van der Waals surface area contributed by atoms with E-state index < -0.39 is 5.97 Å². The van der Waals surface area contributed by atoms with Gasteiger partial charge in [-0.05, 0) is 11.6 Å². The summed E-state index contributed by atoms with van der Waals surface area (Å²) < 4.78 is 6.27. The fourth-order valence-corrected chi connectivity index (χ4v) is 2.94. The van der Waals surface area contributed by atoms with Crippen LogP contribution in [-0.4, -0.2) is 37.3 Å². The standard InChI is InChI=1S/C13H9ClN4O2.C8H8O2.C2H6/c1-18-10-4-2-3-7(8(10)5-16-18)11-9(14)6-15-12(17-11)13(19)20;9-7-10-6-8-4-2-1-3-5-8;1-2/h2-6H,1H3,(H,19,20);1-5,7H,6H2;1-2H3. The molecule has 0 saturated heterocycles. The van der Waals surface area contributed by atoms with Gasteiger partial charge in [0.1, 0.15) is 6.61 Å². The van der Waals surface area contributed by atoms with Gasteiger partial charge >= 0.3 is 5.97 Å². The van der Waals surface area contributed by atoms with Crippen LogP contribution in [0.5, 0.6) is 0 Å². The Balaban J connectivity index is 0.000000255. The van der Waals surface area contributed by atoms with E-state index in [-0.39, 0.29) is 5.82 Å². The molecule has 0 saturated carbocycles. The lowest BCUT2D eigenvalue weighted by Gasteiger charge is -2.06. The van der Waals surface area contributed by atoms with E-state index in [1.165, 1.54) is 6.20 Å². The number of carboxylic acids is 1. The lowest BCUT2D eigenvalue weighted by molar-refractivity contribution is -0.129. The first-order chi connectivity index (χ1) is 15.5. The van der Waals surface area contributed by atoms with E-state index in [0.29, 0.717) is 23.8 Å². The summed E-state index contributed by atoms with van der Waals surface area (Å²) in [7, 11) is 1.83. The van der Waals surface area contributed by atoms with Crippen LogP contribution in [-0.2, 0) is 23.2 Å². The lowest BCUT2D eigenvalue weighted by atomic mass is 10.1. The molecule has 0 aliphatic carbocycles. The molecule has 0 atom stereocenters. The summed E-state index contributed by atoms with van der Waals surface area (Å²) in [5.74, 6) is -1.48. The van der Waals surface area contributed by atoms with Gasteiger partial charge in [0.15, 0.2) is 0 Å². The molecule has 32 heavy (non-hydrogen) atoms. The van der Waals surface area contributed by atoms with Gasteiger partial charge in [-0.2, -0.15) is 5.10 Å². The molecular weight excluding hydrogens is 432 g/mol. The number of rotatable bonds is 5. The van der Waals surface area contributed by atoms with Gasteiger partial charge in [0.25, 0.3) is 6.47 Å². The third-order valence-electron chi connectivity index (χ3n) is 4.14. The number of aromatic carboxylic acids is 1. The van der Waals surface area contributed by atoms with Gasteiger partial charge in [0.2, 0.25) is 5.82 Å². The molecule has 4 rings (SSSR count). The van der Waals surface area contributed by atoms with E-state index in [4.69, 9.17) is 16.7 Å². The summed E-state index contributed by atoms with van der Waals surface area (Å²) in [6.45, 7) is 4.82. The molecule has 0 radical (unpaired) electrons. The number of nitrogens with zero attached hydrogens (tertiary/aromatic N) is 4. The van der Waals surface area contributed by atoms with Crippen molar-refractivity contribution >= 4 is 34.9 Å². The summed E-state index contributed by atoms with van der Waals surface area (Å²) in [6, 6.07) is 15.1. The quantitative estimate of drug-likeness (QED) is 0.433. The Morgan fingerprint density at radius 1 is 1.12 bits per heavy atom. The molecule has 8 nitrogen and oxygen atoms in total. The molecule has 0 unspecified atom stereocenters. The summed E-state index contributed by atoms with van der Waals surface area (Å²) in [5.41, 5.74) is 3.03. The smallest absolute Gasteiger partial charge is 0.373 e. The molecule has 0 aliphatic heterocycles. The number of fused-ring (bicyclic) bond motifs is 1. The average Bonchev–Trinajstić information content (AvgIpc) is 3.21. The van der Waals surface area contributed by atoms with Crippen molar-refractivity contribution in [1.82, 2.24) is 19.7 Å². The van der Waals surface area contributed by atoms with Crippen molar-refractivity contribution in [2.24, 2.45) is 7.05 Å². The Hall–Kier alpha value is -3.78. The predicted molar refractivity (Wildman–Crippen MR) is 122 cm³/mol. The highest BCUT2D eigenvalue weighted by Gasteiger charge is 2.15. The molecular formula is C23H23ClN4O4. The first-order valence-corrected chi connectivity index (χ1v) is 10.1. The predicted octanol–water partition coefficient (Wildman–Crippen LogP) is 4.77. The minimum Gasteiger partial charge on any atom is -0.475 e. The van der Waals surface area contributed by atoms with E-state index in [1.54, 1.807) is 10.9 Å². The number of hydrogen-bond acceptors (Lipinski definition) is 6. The highest BCUT2D eigenvalue weighted by atomic mass is 35.5. The summed E-state index contributed by atoms with van der Waals surface area (Å²) in [5, 5.41) is 14.3. The SMILES string of the molecule is CC.Cn1ncc2c(-c3nc(C(=O)O)ncc3Cl)cccc21.O=COCc1ccccc1. The fraction of sp³-hybridized carbons (Fsp3) is 0.174. The van der Waals surface area contributed by atoms with Crippen LogP contribution < -0.4 is 0 Å². The van der Waals surface area contributed by atoms with Crippen LogP contribution in [0.2, 0.25) is 5.02 Å². The topological polar surface area (TPSA) is 107 Å². The Kier molecular flexibility index (Phi) is 9.31. The molecule has 0 fully saturated rings. The minimum absolute atomic E-state index is 0.287. The molecule has 2 aromatic heterocycles. The first kappa shape index (κ1) is 24.5.